The van der Waals surface area contributed by atoms with Crippen LogP contribution in [0.15, 0.2) is 0 Å². The second-order valence-corrected chi connectivity index (χ2v) is 5.36. The van der Waals surface area contributed by atoms with Gasteiger partial charge in [-0.3, -0.25) is 4.79 Å². The van der Waals surface area contributed by atoms with Crippen LogP contribution in [0.2, 0.25) is 0 Å². The maximum Gasteiger partial charge on any atom is 0.234 e. The van der Waals surface area contributed by atoms with Gasteiger partial charge < -0.3 is 10.6 Å². The van der Waals surface area contributed by atoms with Gasteiger partial charge in [-0.1, -0.05) is 33.1 Å². The number of nitrogens with one attached hydrogen (secondary N) is 2. The smallest absolute Gasteiger partial charge is 0.234 e. The van der Waals surface area contributed by atoms with Crippen molar-refractivity contribution in [3.8, 4) is 0 Å². The van der Waals surface area contributed by atoms with E-state index in [1.165, 1.54) is 25.7 Å². The number of amides is 1. The van der Waals surface area contributed by atoms with Crippen molar-refractivity contribution in [1.29, 1.82) is 0 Å². The molecule has 1 amide bonds. The number of carbonyl (C=O) groups excluding carboxylic acids is 1. The highest BCUT2D eigenvalue weighted by Gasteiger charge is 2.16. The molecule has 0 aromatic carbocycles. The lowest BCUT2D eigenvalue weighted by atomic mass is 9.83. The van der Waals surface area contributed by atoms with Gasteiger partial charge >= 0.3 is 0 Å². The fourth-order valence-electron chi connectivity index (χ4n) is 1.76. The maximum absolute atomic E-state index is 11.5. The molecular formula is C13H26N2O. The highest BCUT2D eigenvalue weighted by molar-refractivity contribution is 5.78. The maximum atomic E-state index is 11.5. The average Bonchev–Trinajstić information content (AvgIpc) is 2.14. The van der Waals surface area contributed by atoms with Crippen molar-refractivity contribution in [3.05, 3.63) is 0 Å². The van der Waals surface area contributed by atoms with E-state index in [2.05, 4.69) is 31.4 Å². The lowest BCUT2D eigenvalue weighted by Crippen LogP contribution is -2.41. The minimum absolute atomic E-state index is 0.120. The van der Waals surface area contributed by atoms with Gasteiger partial charge in [0.15, 0.2) is 0 Å². The van der Waals surface area contributed by atoms with Crippen molar-refractivity contribution in [2.75, 3.05) is 13.1 Å². The molecule has 1 atom stereocenters. The quantitative estimate of drug-likeness (QED) is 0.651. The molecule has 0 heterocycles. The first-order chi connectivity index (χ1) is 7.59. The first-order valence-corrected chi connectivity index (χ1v) is 6.59. The molecule has 0 aromatic rings. The Morgan fingerprint density at radius 1 is 1.31 bits per heavy atom. The van der Waals surface area contributed by atoms with E-state index in [9.17, 15) is 4.79 Å². The summed E-state index contributed by atoms with van der Waals surface area (Å²) in [5, 5.41) is 6.21. The molecule has 0 spiro atoms. The van der Waals surface area contributed by atoms with Crippen LogP contribution in [0.4, 0.5) is 0 Å². The second kappa shape index (κ2) is 6.89. The van der Waals surface area contributed by atoms with Crippen molar-refractivity contribution in [3.63, 3.8) is 0 Å². The van der Waals surface area contributed by atoms with E-state index in [1.54, 1.807) is 0 Å². The number of carbonyl (C=O) groups is 1. The Hall–Kier alpha value is -0.570. The third kappa shape index (κ3) is 4.97. The van der Waals surface area contributed by atoms with E-state index in [0.29, 0.717) is 12.5 Å². The van der Waals surface area contributed by atoms with Gasteiger partial charge in [-0.25, -0.2) is 0 Å². The van der Waals surface area contributed by atoms with E-state index in [1.807, 2.05) is 0 Å². The molecule has 0 radical (unpaired) electrons. The summed E-state index contributed by atoms with van der Waals surface area (Å²) in [5.41, 5.74) is 0. The number of hydrogen-bond acceptors (Lipinski definition) is 2. The van der Waals surface area contributed by atoms with Crippen molar-refractivity contribution < 1.29 is 4.79 Å². The van der Waals surface area contributed by atoms with E-state index in [4.69, 9.17) is 0 Å². The van der Waals surface area contributed by atoms with Gasteiger partial charge in [0.2, 0.25) is 5.91 Å². The Morgan fingerprint density at radius 3 is 2.50 bits per heavy atom. The Bertz CT molecular complexity index is 212. The van der Waals surface area contributed by atoms with Crippen molar-refractivity contribution in [2.24, 2.45) is 11.8 Å². The molecule has 1 aliphatic rings. The van der Waals surface area contributed by atoms with Gasteiger partial charge in [0, 0.05) is 6.04 Å². The minimum Gasteiger partial charge on any atom is -0.352 e. The zero-order chi connectivity index (χ0) is 12.0. The predicted octanol–water partition coefficient (Wildman–Crippen LogP) is 1.93. The molecule has 2 N–H and O–H groups in total. The Morgan fingerprint density at radius 2 is 2.00 bits per heavy atom. The standard InChI is InChI=1S/C13H26N2O/c1-10(2)11(3)15-13(16)9-14-8-7-12-5-4-6-12/h10-12,14H,4-9H2,1-3H3,(H,15,16). The summed E-state index contributed by atoms with van der Waals surface area (Å²) in [6.07, 6.45) is 5.40. The van der Waals surface area contributed by atoms with Crippen LogP contribution in [-0.2, 0) is 4.79 Å². The van der Waals surface area contributed by atoms with Gasteiger partial charge in [0.25, 0.3) is 0 Å². The van der Waals surface area contributed by atoms with Crippen LogP contribution >= 0.6 is 0 Å². The summed E-state index contributed by atoms with van der Waals surface area (Å²) in [4.78, 5) is 11.5. The summed E-state index contributed by atoms with van der Waals surface area (Å²) >= 11 is 0. The van der Waals surface area contributed by atoms with Crippen molar-refractivity contribution in [1.82, 2.24) is 10.6 Å². The third-order valence-electron chi connectivity index (χ3n) is 3.63. The van der Waals surface area contributed by atoms with Gasteiger partial charge in [-0.15, -0.1) is 0 Å². The van der Waals surface area contributed by atoms with E-state index < -0.39 is 0 Å². The summed E-state index contributed by atoms with van der Waals surface area (Å²) in [7, 11) is 0. The summed E-state index contributed by atoms with van der Waals surface area (Å²) in [5.74, 6) is 1.54. The lowest BCUT2D eigenvalue weighted by Gasteiger charge is -2.25. The molecule has 94 valence electrons. The highest BCUT2D eigenvalue weighted by atomic mass is 16.1. The Kier molecular flexibility index (Phi) is 5.81. The van der Waals surface area contributed by atoms with Gasteiger partial charge in [0.1, 0.15) is 0 Å². The Balaban J connectivity index is 1.96. The predicted molar refractivity (Wildman–Crippen MR) is 67.3 cm³/mol. The van der Waals surface area contributed by atoms with Crippen LogP contribution in [0.1, 0.15) is 46.5 Å². The van der Waals surface area contributed by atoms with E-state index in [-0.39, 0.29) is 11.9 Å². The molecule has 0 aromatic heterocycles. The molecule has 16 heavy (non-hydrogen) atoms. The first kappa shape index (κ1) is 13.5. The van der Waals surface area contributed by atoms with Crippen molar-refractivity contribution in [2.45, 2.75) is 52.5 Å². The molecule has 0 bridgehead atoms. The molecule has 1 fully saturated rings. The molecule has 0 aliphatic heterocycles. The number of hydrogen-bond donors (Lipinski definition) is 2. The molecule has 3 nitrogen and oxygen atoms in total. The van der Waals surface area contributed by atoms with Crippen LogP contribution in [0.25, 0.3) is 0 Å². The van der Waals surface area contributed by atoms with Gasteiger partial charge in [0.05, 0.1) is 6.54 Å². The minimum atomic E-state index is 0.120. The fraction of sp³-hybridized carbons (Fsp3) is 0.923. The van der Waals surface area contributed by atoms with Crippen LogP contribution < -0.4 is 10.6 Å². The summed E-state index contributed by atoms with van der Waals surface area (Å²) in [6, 6.07) is 0.265. The fourth-order valence-corrected chi connectivity index (χ4v) is 1.76. The number of rotatable bonds is 7. The Labute approximate surface area is 99.4 Å². The molecule has 0 saturated heterocycles. The van der Waals surface area contributed by atoms with E-state index >= 15 is 0 Å². The molecule has 1 rings (SSSR count). The summed E-state index contributed by atoms with van der Waals surface area (Å²) in [6.45, 7) is 7.73. The van der Waals surface area contributed by atoms with Gasteiger partial charge in [-0.2, -0.15) is 0 Å². The topological polar surface area (TPSA) is 41.1 Å². The van der Waals surface area contributed by atoms with Crippen LogP contribution in [0.5, 0.6) is 0 Å². The zero-order valence-electron chi connectivity index (χ0n) is 10.9. The van der Waals surface area contributed by atoms with Crippen LogP contribution in [0, 0.1) is 11.8 Å². The van der Waals surface area contributed by atoms with Gasteiger partial charge in [-0.05, 0) is 31.7 Å². The largest absolute Gasteiger partial charge is 0.352 e. The molecular weight excluding hydrogens is 200 g/mol. The van der Waals surface area contributed by atoms with Crippen LogP contribution in [0.3, 0.4) is 0 Å². The van der Waals surface area contributed by atoms with E-state index in [0.717, 1.165) is 12.5 Å². The zero-order valence-corrected chi connectivity index (χ0v) is 10.9. The van der Waals surface area contributed by atoms with Crippen molar-refractivity contribution >= 4 is 5.91 Å². The molecule has 3 heteroatoms. The lowest BCUT2D eigenvalue weighted by molar-refractivity contribution is -0.121. The average molecular weight is 226 g/mol. The highest BCUT2D eigenvalue weighted by Crippen LogP contribution is 2.28. The molecule has 1 aliphatic carbocycles. The summed E-state index contributed by atoms with van der Waals surface area (Å²) < 4.78 is 0. The van der Waals surface area contributed by atoms with Crippen LogP contribution in [-0.4, -0.2) is 25.0 Å². The SMILES string of the molecule is CC(C)C(C)NC(=O)CNCCC1CCC1. The molecule has 1 saturated carbocycles. The monoisotopic (exact) mass is 226 g/mol. The second-order valence-electron chi connectivity index (χ2n) is 5.36. The normalized spacial score (nSPS) is 18.2. The molecule has 1 unspecified atom stereocenters. The third-order valence-corrected chi connectivity index (χ3v) is 3.63. The first-order valence-electron chi connectivity index (χ1n) is 6.59.